The minimum atomic E-state index is -0.636. The van der Waals surface area contributed by atoms with Crippen molar-refractivity contribution in [2.24, 2.45) is 0 Å². The molecule has 1 unspecified atom stereocenters. The molecule has 1 atom stereocenters. The summed E-state index contributed by atoms with van der Waals surface area (Å²) in [6.07, 6.45) is 7.60. The second kappa shape index (κ2) is 8.39. The fraction of sp³-hybridized carbons (Fsp3) is 0.320. The first-order valence-corrected chi connectivity index (χ1v) is 9.68. The Kier molecular flexibility index (Phi) is 5.95. The zero-order valence-corrected chi connectivity index (χ0v) is 16.5. The van der Waals surface area contributed by atoms with Gasteiger partial charge in [0.1, 0.15) is 11.4 Å². The first-order chi connectivity index (χ1) is 13.0. The maximum absolute atomic E-state index is 12.9. The van der Waals surface area contributed by atoms with Crippen LogP contribution in [0, 0.1) is 0 Å². The van der Waals surface area contributed by atoms with Crippen LogP contribution in [0.5, 0.6) is 5.75 Å². The molecule has 0 amide bonds. The lowest BCUT2D eigenvalue weighted by Gasteiger charge is -2.39. The fourth-order valence-corrected chi connectivity index (χ4v) is 3.70. The predicted molar refractivity (Wildman–Crippen MR) is 111 cm³/mol. The monoisotopic (exact) mass is 360 g/mol. The highest BCUT2D eigenvalue weighted by atomic mass is 16.5. The van der Waals surface area contributed by atoms with E-state index in [-0.39, 0.29) is 5.78 Å². The topological polar surface area (TPSA) is 26.3 Å². The van der Waals surface area contributed by atoms with E-state index in [1.807, 2.05) is 42.5 Å². The van der Waals surface area contributed by atoms with Gasteiger partial charge in [-0.3, -0.25) is 4.79 Å². The summed E-state index contributed by atoms with van der Waals surface area (Å²) in [5.41, 5.74) is 3.77. The molecule has 0 N–H and O–H groups in total. The molecule has 1 heterocycles. The van der Waals surface area contributed by atoms with Gasteiger partial charge in [-0.2, -0.15) is 0 Å². The molecule has 2 aromatic carbocycles. The molecule has 3 rings (SSSR count). The van der Waals surface area contributed by atoms with Gasteiger partial charge in [-0.25, -0.2) is 0 Å². The summed E-state index contributed by atoms with van der Waals surface area (Å²) in [6.45, 7) is 6.38. The maximum Gasteiger partial charge on any atom is 0.170 e. The molecule has 1 aliphatic heterocycles. The number of hydrogen-bond acceptors (Lipinski definition) is 2. The molecule has 0 bridgehead atoms. The Labute approximate surface area is 162 Å². The average molecular weight is 360 g/mol. The van der Waals surface area contributed by atoms with Crippen LogP contribution in [0.1, 0.15) is 62.4 Å². The standard InChI is InChI=1S/C25H28O2/c1-4-19(2)11-10-12-20(3)17-25(21-13-6-5-7-14-21)18-23(26)22-15-8-9-16-24(22)27-25/h4-9,12-16H,10-11,17-18H2,1-3H3. The first kappa shape index (κ1) is 19.2. The molecule has 2 nitrogen and oxygen atoms in total. The van der Waals surface area contributed by atoms with Crippen LogP contribution in [0.15, 0.2) is 77.9 Å². The largest absolute Gasteiger partial charge is 0.481 e. The number of rotatable bonds is 6. The summed E-state index contributed by atoms with van der Waals surface area (Å²) < 4.78 is 6.52. The van der Waals surface area contributed by atoms with Gasteiger partial charge in [0, 0.05) is 6.42 Å². The molecule has 0 fully saturated rings. The second-order valence-electron chi connectivity index (χ2n) is 7.46. The maximum atomic E-state index is 12.9. The van der Waals surface area contributed by atoms with Crippen molar-refractivity contribution in [1.29, 1.82) is 0 Å². The van der Waals surface area contributed by atoms with Crippen molar-refractivity contribution in [3.05, 3.63) is 89.0 Å². The Balaban J connectivity index is 1.91. The molecular weight excluding hydrogens is 332 g/mol. The lowest BCUT2D eigenvalue weighted by Crippen LogP contribution is -2.39. The highest BCUT2D eigenvalue weighted by Gasteiger charge is 2.42. The van der Waals surface area contributed by atoms with Gasteiger partial charge >= 0.3 is 0 Å². The van der Waals surface area contributed by atoms with E-state index in [1.165, 1.54) is 11.1 Å². The van der Waals surface area contributed by atoms with E-state index in [9.17, 15) is 4.79 Å². The molecule has 27 heavy (non-hydrogen) atoms. The van der Waals surface area contributed by atoms with Crippen LogP contribution in [0.3, 0.4) is 0 Å². The molecular formula is C25H28O2. The predicted octanol–water partition coefficient (Wildman–Crippen LogP) is 6.63. The molecule has 0 radical (unpaired) electrons. The number of allylic oxidation sites excluding steroid dienone is 3. The van der Waals surface area contributed by atoms with E-state index in [0.717, 1.165) is 18.4 Å². The normalized spacial score (nSPS) is 20.2. The quantitative estimate of drug-likeness (QED) is 0.540. The Hall–Kier alpha value is -2.61. The Morgan fingerprint density at radius 1 is 1.04 bits per heavy atom. The van der Waals surface area contributed by atoms with E-state index < -0.39 is 5.60 Å². The minimum absolute atomic E-state index is 0.151. The van der Waals surface area contributed by atoms with Crippen LogP contribution in [-0.4, -0.2) is 5.78 Å². The third-order valence-corrected chi connectivity index (χ3v) is 5.33. The van der Waals surface area contributed by atoms with Gasteiger partial charge in [0.2, 0.25) is 0 Å². The van der Waals surface area contributed by atoms with E-state index in [2.05, 4.69) is 45.1 Å². The zero-order chi connectivity index (χ0) is 19.3. The van der Waals surface area contributed by atoms with Gasteiger partial charge in [0.05, 0.1) is 12.0 Å². The highest BCUT2D eigenvalue weighted by Crippen LogP contribution is 2.43. The third kappa shape index (κ3) is 4.39. The number of hydrogen-bond donors (Lipinski definition) is 0. The molecule has 0 aliphatic carbocycles. The number of ketones is 1. The highest BCUT2D eigenvalue weighted by molar-refractivity contribution is 6.00. The molecule has 140 valence electrons. The van der Waals surface area contributed by atoms with Crippen LogP contribution in [0.2, 0.25) is 0 Å². The van der Waals surface area contributed by atoms with E-state index in [1.54, 1.807) is 0 Å². The molecule has 0 spiro atoms. The summed E-state index contributed by atoms with van der Waals surface area (Å²) in [6, 6.07) is 17.7. The Bertz CT molecular complexity index is 861. The number of Topliss-reactive ketones (excluding diaryl/α,β-unsaturated/α-hetero) is 1. The molecule has 2 heteroatoms. The lowest BCUT2D eigenvalue weighted by molar-refractivity contribution is 0.0380. The number of carbonyl (C=O) groups is 1. The summed E-state index contributed by atoms with van der Waals surface area (Å²) in [7, 11) is 0. The van der Waals surface area contributed by atoms with E-state index in [0.29, 0.717) is 24.2 Å². The van der Waals surface area contributed by atoms with Crippen molar-refractivity contribution < 1.29 is 9.53 Å². The lowest BCUT2D eigenvalue weighted by atomic mass is 9.79. The van der Waals surface area contributed by atoms with Crippen LogP contribution < -0.4 is 4.74 Å². The first-order valence-electron chi connectivity index (χ1n) is 9.68. The SMILES string of the molecule is CC=C(C)CCC=C(C)CC1(c2ccccc2)CC(=O)c2ccccc2O1. The second-order valence-corrected chi connectivity index (χ2v) is 7.46. The molecule has 0 saturated carbocycles. The Morgan fingerprint density at radius 3 is 2.48 bits per heavy atom. The van der Waals surface area contributed by atoms with Crippen LogP contribution in [0.25, 0.3) is 0 Å². The van der Waals surface area contributed by atoms with Crippen LogP contribution >= 0.6 is 0 Å². The fourth-order valence-electron chi connectivity index (χ4n) is 3.70. The number of benzene rings is 2. The van der Waals surface area contributed by atoms with Crippen molar-refractivity contribution in [2.75, 3.05) is 0 Å². The van der Waals surface area contributed by atoms with Crippen LogP contribution in [0.4, 0.5) is 0 Å². The van der Waals surface area contributed by atoms with Gasteiger partial charge in [-0.05, 0) is 51.3 Å². The number of para-hydroxylation sites is 1. The summed E-state index contributed by atoms with van der Waals surface area (Å²) in [5, 5.41) is 0. The smallest absolute Gasteiger partial charge is 0.170 e. The number of fused-ring (bicyclic) bond motifs is 1. The van der Waals surface area contributed by atoms with Gasteiger partial charge in [0.15, 0.2) is 5.78 Å². The molecule has 1 aliphatic rings. The van der Waals surface area contributed by atoms with E-state index in [4.69, 9.17) is 4.74 Å². The average Bonchev–Trinajstić information content (AvgIpc) is 2.68. The van der Waals surface area contributed by atoms with Gasteiger partial charge in [-0.1, -0.05) is 65.8 Å². The summed E-state index contributed by atoms with van der Waals surface area (Å²) in [5.74, 6) is 0.841. The zero-order valence-electron chi connectivity index (χ0n) is 16.5. The van der Waals surface area contributed by atoms with Gasteiger partial charge < -0.3 is 4.74 Å². The number of ether oxygens (including phenoxy) is 1. The van der Waals surface area contributed by atoms with Crippen molar-refractivity contribution in [3.63, 3.8) is 0 Å². The summed E-state index contributed by atoms with van der Waals surface area (Å²) in [4.78, 5) is 12.9. The molecule has 2 aromatic rings. The Morgan fingerprint density at radius 2 is 1.74 bits per heavy atom. The number of carbonyl (C=O) groups excluding carboxylic acids is 1. The molecule has 0 saturated heterocycles. The summed E-state index contributed by atoms with van der Waals surface area (Å²) >= 11 is 0. The van der Waals surface area contributed by atoms with E-state index >= 15 is 0 Å². The molecule has 0 aromatic heterocycles. The third-order valence-electron chi connectivity index (χ3n) is 5.33. The van der Waals surface area contributed by atoms with Gasteiger partial charge in [0.25, 0.3) is 0 Å². The van der Waals surface area contributed by atoms with Crippen molar-refractivity contribution in [3.8, 4) is 5.75 Å². The van der Waals surface area contributed by atoms with Crippen molar-refractivity contribution in [1.82, 2.24) is 0 Å². The van der Waals surface area contributed by atoms with Crippen molar-refractivity contribution in [2.45, 2.75) is 52.1 Å². The van der Waals surface area contributed by atoms with Gasteiger partial charge in [-0.15, -0.1) is 0 Å². The van der Waals surface area contributed by atoms with Crippen molar-refractivity contribution >= 4 is 5.78 Å². The van der Waals surface area contributed by atoms with Crippen LogP contribution in [-0.2, 0) is 5.60 Å². The minimum Gasteiger partial charge on any atom is -0.481 e.